The van der Waals surface area contributed by atoms with E-state index in [1.807, 2.05) is 5.38 Å². The third-order valence-corrected chi connectivity index (χ3v) is 7.75. The Morgan fingerprint density at radius 1 is 1.17 bits per heavy atom. The molecule has 30 heavy (non-hydrogen) atoms. The highest BCUT2D eigenvalue weighted by Crippen LogP contribution is 2.29. The van der Waals surface area contributed by atoms with Gasteiger partial charge in [-0.05, 0) is 42.5 Å². The van der Waals surface area contributed by atoms with Crippen molar-refractivity contribution in [3.63, 3.8) is 0 Å². The van der Waals surface area contributed by atoms with E-state index in [1.165, 1.54) is 21.7 Å². The summed E-state index contributed by atoms with van der Waals surface area (Å²) in [7, 11) is -3.67. The lowest BCUT2D eigenvalue weighted by Crippen LogP contribution is -2.40. The maximum absolute atomic E-state index is 13.1. The molecule has 2 fully saturated rings. The zero-order valence-corrected chi connectivity index (χ0v) is 18.1. The van der Waals surface area contributed by atoms with Crippen LogP contribution in [0.15, 0.2) is 39.9 Å². The molecule has 4 rings (SSSR count). The van der Waals surface area contributed by atoms with E-state index in [0.717, 1.165) is 19.4 Å². The number of nitrogens with one attached hydrogen (secondary N) is 2. The van der Waals surface area contributed by atoms with Gasteiger partial charge in [0.25, 0.3) is 5.91 Å². The molecule has 0 bridgehead atoms. The predicted octanol–water partition coefficient (Wildman–Crippen LogP) is 2.61. The van der Waals surface area contributed by atoms with Crippen molar-refractivity contribution in [3.8, 4) is 0 Å². The summed E-state index contributed by atoms with van der Waals surface area (Å²) in [5.74, 6) is -0.280. The van der Waals surface area contributed by atoms with Crippen LogP contribution in [0.5, 0.6) is 0 Å². The quantitative estimate of drug-likeness (QED) is 0.672. The molecule has 3 heterocycles. The van der Waals surface area contributed by atoms with Crippen molar-refractivity contribution in [2.24, 2.45) is 0 Å². The second-order valence-corrected chi connectivity index (χ2v) is 9.92. The minimum atomic E-state index is -3.67. The van der Waals surface area contributed by atoms with Crippen molar-refractivity contribution >= 4 is 38.6 Å². The minimum absolute atomic E-state index is 0.113. The molecule has 2 aliphatic rings. The molecule has 0 unspecified atom stereocenters. The van der Waals surface area contributed by atoms with Gasteiger partial charge in [0.1, 0.15) is 0 Å². The molecule has 162 valence electrons. The Balaban J connectivity index is 1.59. The molecule has 2 saturated heterocycles. The summed E-state index contributed by atoms with van der Waals surface area (Å²) in [6, 6.07) is 6.52. The maximum Gasteiger partial charge on any atom is 0.256 e. The van der Waals surface area contributed by atoms with E-state index >= 15 is 0 Å². The predicted molar refractivity (Wildman–Crippen MR) is 116 cm³/mol. The Kier molecular flexibility index (Phi) is 6.69. The Morgan fingerprint density at radius 2 is 2.00 bits per heavy atom. The maximum atomic E-state index is 13.1. The van der Waals surface area contributed by atoms with Crippen LogP contribution in [0.4, 0.5) is 11.4 Å². The van der Waals surface area contributed by atoms with Gasteiger partial charge in [0, 0.05) is 31.6 Å². The van der Waals surface area contributed by atoms with Crippen molar-refractivity contribution in [2.45, 2.75) is 23.8 Å². The van der Waals surface area contributed by atoms with Crippen molar-refractivity contribution in [2.75, 3.05) is 50.1 Å². The molecule has 0 aliphatic carbocycles. The fraction of sp³-hybridized carbons (Fsp3) is 0.450. The molecule has 1 aromatic carbocycles. The highest BCUT2D eigenvalue weighted by Gasteiger charge is 2.27. The molecule has 1 aromatic heterocycles. The Hall–Kier alpha value is -1.98. The lowest BCUT2D eigenvalue weighted by molar-refractivity contribution is 0.0730. The van der Waals surface area contributed by atoms with Crippen LogP contribution in [0, 0.1) is 0 Å². The first kappa shape index (κ1) is 21.3. The molecule has 1 atom stereocenters. The van der Waals surface area contributed by atoms with Gasteiger partial charge in [0.05, 0.1) is 41.2 Å². The average Bonchev–Trinajstić information content (AvgIpc) is 3.47. The summed E-state index contributed by atoms with van der Waals surface area (Å²) in [6.45, 7) is 2.74. The largest absolute Gasteiger partial charge is 0.381 e. The number of carbonyl (C=O) groups excluding carboxylic acids is 1. The first-order valence-corrected chi connectivity index (χ1v) is 12.3. The lowest BCUT2D eigenvalue weighted by Gasteiger charge is -2.26. The molecule has 2 N–H and O–H groups in total. The van der Waals surface area contributed by atoms with Gasteiger partial charge in [-0.1, -0.05) is 0 Å². The molecular formula is C20H25N3O5S2. The van der Waals surface area contributed by atoms with Crippen molar-refractivity contribution < 1.29 is 22.7 Å². The number of hydrogen-bond donors (Lipinski definition) is 2. The van der Waals surface area contributed by atoms with E-state index in [9.17, 15) is 13.2 Å². The third kappa shape index (κ3) is 4.84. The number of carbonyl (C=O) groups is 1. The van der Waals surface area contributed by atoms with Gasteiger partial charge >= 0.3 is 0 Å². The molecule has 0 spiro atoms. The van der Waals surface area contributed by atoms with Gasteiger partial charge < -0.3 is 20.1 Å². The van der Waals surface area contributed by atoms with Gasteiger partial charge in [-0.2, -0.15) is 15.6 Å². The van der Waals surface area contributed by atoms with Crippen molar-refractivity contribution in [3.05, 3.63) is 40.6 Å². The summed E-state index contributed by atoms with van der Waals surface area (Å²) in [5, 5.41) is 9.74. The van der Waals surface area contributed by atoms with E-state index in [-0.39, 0.29) is 16.9 Å². The van der Waals surface area contributed by atoms with Gasteiger partial charge in [-0.15, -0.1) is 0 Å². The highest BCUT2D eigenvalue weighted by atomic mass is 32.2. The van der Waals surface area contributed by atoms with E-state index in [2.05, 4.69) is 10.6 Å². The van der Waals surface area contributed by atoms with E-state index in [4.69, 9.17) is 9.47 Å². The molecule has 1 amide bonds. The van der Waals surface area contributed by atoms with Crippen molar-refractivity contribution in [1.29, 1.82) is 0 Å². The normalized spacial score (nSPS) is 20.2. The summed E-state index contributed by atoms with van der Waals surface area (Å²) in [4.78, 5) is 12.8. The van der Waals surface area contributed by atoms with Crippen LogP contribution < -0.4 is 10.6 Å². The Labute approximate surface area is 180 Å². The first-order chi connectivity index (χ1) is 14.5. The molecular weight excluding hydrogens is 426 g/mol. The van der Waals surface area contributed by atoms with Gasteiger partial charge in [0.2, 0.25) is 10.0 Å². The number of hydrogen-bond acceptors (Lipinski definition) is 7. The number of sulfonamides is 1. The molecule has 0 saturated carbocycles. The SMILES string of the molecule is O=C(Nc1cc(S(=O)(=O)N2CCOCC2)ccc1NC[C@H]1CCCO1)c1ccsc1. The highest BCUT2D eigenvalue weighted by molar-refractivity contribution is 7.89. The summed E-state index contributed by atoms with van der Waals surface area (Å²) in [5.41, 5.74) is 1.63. The fourth-order valence-corrected chi connectivity index (χ4v) is 5.57. The molecule has 2 aliphatic heterocycles. The number of ether oxygens (including phenoxy) is 2. The van der Waals surface area contributed by atoms with Crippen LogP contribution >= 0.6 is 11.3 Å². The smallest absolute Gasteiger partial charge is 0.256 e. The van der Waals surface area contributed by atoms with Gasteiger partial charge in [-0.25, -0.2) is 8.42 Å². The summed E-state index contributed by atoms with van der Waals surface area (Å²) >= 11 is 1.43. The topological polar surface area (TPSA) is 97.0 Å². The molecule has 2 aromatic rings. The van der Waals surface area contributed by atoms with Crippen LogP contribution in [0.3, 0.4) is 0 Å². The monoisotopic (exact) mass is 451 g/mol. The second-order valence-electron chi connectivity index (χ2n) is 7.21. The Bertz CT molecular complexity index is 966. The number of anilines is 2. The zero-order chi connectivity index (χ0) is 21.0. The van der Waals surface area contributed by atoms with Gasteiger partial charge in [0.15, 0.2) is 0 Å². The second kappa shape index (κ2) is 9.44. The average molecular weight is 452 g/mol. The lowest BCUT2D eigenvalue weighted by atomic mass is 10.2. The van der Waals surface area contributed by atoms with Crippen molar-refractivity contribution in [1.82, 2.24) is 4.31 Å². The number of nitrogens with zero attached hydrogens (tertiary/aromatic N) is 1. The molecule has 0 radical (unpaired) electrons. The summed E-state index contributed by atoms with van der Waals surface area (Å²) in [6.07, 6.45) is 2.12. The number of morpholine rings is 1. The number of rotatable bonds is 7. The number of thiophene rings is 1. The van der Waals surface area contributed by atoms with E-state index < -0.39 is 10.0 Å². The summed E-state index contributed by atoms with van der Waals surface area (Å²) < 4.78 is 38.4. The van der Waals surface area contributed by atoms with Crippen LogP contribution in [-0.4, -0.2) is 64.2 Å². The zero-order valence-electron chi connectivity index (χ0n) is 16.5. The molecule has 8 nitrogen and oxygen atoms in total. The van der Waals surface area contributed by atoms with Crippen LogP contribution in [0.25, 0.3) is 0 Å². The van der Waals surface area contributed by atoms with Crippen LogP contribution in [0.2, 0.25) is 0 Å². The number of amides is 1. The van der Waals surface area contributed by atoms with Crippen LogP contribution in [0.1, 0.15) is 23.2 Å². The van der Waals surface area contributed by atoms with E-state index in [1.54, 1.807) is 23.6 Å². The minimum Gasteiger partial charge on any atom is -0.381 e. The fourth-order valence-electron chi connectivity index (χ4n) is 3.49. The van der Waals surface area contributed by atoms with Gasteiger partial charge in [-0.3, -0.25) is 4.79 Å². The first-order valence-electron chi connectivity index (χ1n) is 9.95. The standard InChI is InChI=1S/C20H25N3O5S2/c24-20(15-5-11-29-14-15)22-19-12-17(30(25,26)23-6-9-27-10-7-23)3-4-18(19)21-13-16-2-1-8-28-16/h3-5,11-12,14,16,21H,1-2,6-10,13H2,(H,22,24)/t16-/m1/s1. The number of benzene rings is 1. The molecule has 10 heteroatoms. The Morgan fingerprint density at radius 3 is 2.70 bits per heavy atom. The van der Waals surface area contributed by atoms with Crippen LogP contribution in [-0.2, 0) is 19.5 Å². The third-order valence-electron chi connectivity index (χ3n) is 5.17. The van der Waals surface area contributed by atoms with E-state index in [0.29, 0.717) is 49.8 Å².